The van der Waals surface area contributed by atoms with E-state index >= 15 is 0 Å². The number of rotatable bonds is 3. The third-order valence-electron chi connectivity index (χ3n) is 2.42. The monoisotopic (exact) mass is 269 g/mol. The first-order valence-corrected chi connectivity index (χ1v) is 5.66. The maximum Gasteiger partial charge on any atom is 0.187 e. The predicted octanol–water partition coefficient (Wildman–Crippen LogP) is 3.39. The molecule has 0 aliphatic rings. The van der Waals surface area contributed by atoms with Gasteiger partial charge in [-0.05, 0) is 18.6 Å². The van der Waals surface area contributed by atoms with E-state index in [2.05, 4.69) is 21.9 Å². The number of hydrogen-bond acceptors (Lipinski definition) is 3. The number of benzene rings is 1. The van der Waals surface area contributed by atoms with Crippen molar-refractivity contribution in [2.24, 2.45) is 4.36 Å². The van der Waals surface area contributed by atoms with Crippen molar-refractivity contribution in [1.82, 2.24) is 9.78 Å². The minimum atomic E-state index is -0.301. The quantitative estimate of drug-likeness (QED) is 0.855. The van der Waals surface area contributed by atoms with Crippen LogP contribution in [0.5, 0.6) is 0 Å². The molecule has 6 heteroatoms. The van der Waals surface area contributed by atoms with Crippen LogP contribution in [0.2, 0.25) is 5.02 Å². The van der Waals surface area contributed by atoms with Gasteiger partial charge in [-0.25, -0.2) is 4.39 Å². The molecule has 0 fully saturated rings. The highest BCUT2D eigenvalue weighted by molar-refractivity contribution is 7.47. The van der Waals surface area contributed by atoms with Crippen molar-refractivity contribution in [3.63, 3.8) is 0 Å². The fourth-order valence-corrected chi connectivity index (χ4v) is 1.81. The molecule has 2 rings (SSSR count). The van der Waals surface area contributed by atoms with Gasteiger partial charge in [0.15, 0.2) is 5.82 Å². The van der Waals surface area contributed by atoms with E-state index in [0.717, 1.165) is 0 Å². The van der Waals surface area contributed by atoms with Crippen molar-refractivity contribution in [2.45, 2.75) is 13.5 Å². The highest BCUT2D eigenvalue weighted by Gasteiger charge is 2.11. The molecule has 0 N–H and O–H groups in total. The lowest BCUT2D eigenvalue weighted by Crippen LogP contribution is -2.04. The predicted molar refractivity (Wildman–Crippen MR) is 66.9 cm³/mol. The lowest BCUT2D eigenvalue weighted by atomic mass is 10.1. The zero-order valence-electron chi connectivity index (χ0n) is 9.02. The second kappa shape index (κ2) is 4.89. The Kier molecular flexibility index (Phi) is 3.49. The summed E-state index contributed by atoms with van der Waals surface area (Å²) in [6.07, 6.45) is 1.68. The van der Waals surface area contributed by atoms with Crippen molar-refractivity contribution in [3.05, 3.63) is 46.4 Å². The molecule has 0 saturated carbocycles. The Hall–Kier alpha value is -1.33. The summed E-state index contributed by atoms with van der Waals surface area (Å²) in [4.78, 5) is 0. The Labute approximate surface area is 108 Å². The first-order chi connectivity index (χ1) is 8.11. The molecule has 0 unspecified atom stereocenters. The Bertz CT molecular complexity index is 568. The van der Waals surface area contributed by atoms with Crippen molar-refractivity contribution >= 4 is 29.8 Å². The van der Waals surface area contributed by atoms with Crippen LogP contribution < -0.4 is 0 Å². The molecule has 3 nitrogen and oxygen atoms in total. The zero-order chi connectivity index (χ0) is 12.4. The summed E-state index contributed by atoms with van der Waals surface area (Å²) in [5.41, 5.74) is 0.982. The number of nitrogens with zero attached hydrogens (tertiary/aromatic N) is 3. The minimum Gasteiger partial charge on any atom is -0.266 e. The van der Waals surface area contributed by atoms with E-state index in [1.54, 1.807) is 36.0 Å². The number of aryl methyl sites for hydroxylation is 1. The molecule has 2 aromatic rings. The molecule has 1 aromatic heterocycles. The van der Waals surface area contributed by atoms with Gasteiger partial charge in [-0.1, -0.05) is 17.7 Å². The average molecular weight is 270 g/mol. The SMILES string of the molecule is Cc1ccc(Cl)c(Cn2ccc(N=S)n2)c1F. The first-order valence-electron chi connectivity index (χ1n) is 4.92. The smallest absolute Gasteiger partial charge is 0.187 e. The summed E-state index contributed by atoms with van der Waals surface area (Å²) >= 11 is 10.5. The molecular weight excluding hydrogens is 261 g/mol. The largest absolute Gasteiger partial charge is 0.266 e. The summed E-state index contributed by atoms with van der Waals surface area (Å²) in [6, 6.07) is 4.99. The third kappa shape index (κ3) is 2.50. The normalized spacial score (nSPS) is 10.5. The Balaban J connectivity index is 2.35. The van der Waals surface area contributed by atoms with Crippen LogP contribution in [0.4, 0.5) is 10.2 Å². The summed E-state index contributed by atoms with van der Waals surface area (Å²) < 4.78 is 18.9. The average Bonchev–Trinajstić information content (AvgIpc) is 2.77. The summed E-state index contributed by atoms with van der Waals surface area (Å²) in [5.74, 6) is 0.133. The van der Waals surface area contributed by atoms with Gasteiger partial charge >= 0.3 is 0 Å². The van der Waals surface area contributed by atoms with E-state index in [1.165, 1.54) is 0 Å². The van der Waals surface area contributed by atoms with Crippen LogP contribution >= 0.6 is 11.6 Å². The van der Waals surface area contributed by atoms with E-state index in [9.17, 15) is 4.39 Å². The van der Waals surface area contributed by atoms with Crippen LogP contribution in [0.15, 0.2) is 28.8 Å². The number of hydrogen-bond donors (Lipinski definition) is 0. The van der Waals surface area contributed by atoms with Gasteiger partial charge in [0.05, 0.1) is 6.54 Å². The topological polar surface area (TPSA) is 30.2 Å². The summed E-state index contributed by atoms with van der Waals surface area (Å²) in [6.45, 7) is 1.96. The van der Waals surface area contributed by atoms with Crippen molar-refractivity contribution in [1.29, 1.82) is 0 Å². The van der Waals surface area contributed by atoms with Crippen LogP contribution in [0.1, 0.15) is 11.1 Å². The van der Waals surface area contributed by atoms with Crippen LogP contribution in [0, 0.1) is 12.7 Å². The van der Waals surface area contributed by atoms with Crippen LogP contribution in [-0.4, -0.2) is 9.78 Å². The molecule has 0 radical (unpaired) electrons. The second-order valence-corrected chi connectivity index (χ2v) is 4.21. The van der Waals surface area contributed by atoms with Crippen molar-refractivity contribution in [2.75, 3.05) is 0 Å². The second-order valence-electron chi connectivity index (χ2n) is 3.62. The van der Waals surface area contributed by atoms with E-state index in [0.29, 0.717) is 22.0 Å². The lowest BCUT2D eigenvalue weighted by Gasteiger charge is -2.08. The van der Waals surface area contributed by atoms with E-state index in [4.69, 9.17) is 11.6 Å². The first kappa shape index (κ1) is 12.1. The fourth-order valence-electron chi connectivity index (χ4n) is 1.51. The van der Waals surface area contributed by atoms with Crippen LogP contribution in [-0.2, 0) is 19.0 Å². The molecule has 0 amide bonds. The van der Waals surface area contributed by atoms with Gasteiger partial charge in [-0.2, -0.15) is 9.46 Å². The Morgan fingerprint density at radius 2 is 2.24 bits per heavy atom. The number of halogens is 2. The Morgan fingerprint density at radius 3 is 2.88 bits per heavy atom. The molecule has 1 aromatic carbocycles. The molecule has 1 heterocycles. The number of aromatic nitrogens is 2. The summed E-state index contributed by atoms with van der Waals surface area (Å²) in [5, 5.41) is 4.45. The maximum atomic E-state index is 13.9. The molecule has 0 bridgehead atoms. The maximum absolute atomic E-state index is 13.9. The van der Waals surface area contributed by atoms with E-state index in [1.807, 2.05) is 0 Å². The van der Waals surface area contributed by atoms with Gasteiger partial charge in [-0.3, -0.25) is 4.68 Å². The van der Waals surface area contributed by atoms with Crippen molar-refractivity contribution < 1.29 is 4.39 Å². The van der Waals surface area contributed by atoms with E-state index < -0.39 is 0 Å². The van der Waals surface area contributed by atoms with Gasteiger partial charge in [0.1, 0.15) is 5.82 Å². The van der Waals surface area contributed by atoms with E-state index in [-0.39, 0.29) is 12.4 Å². The standard InChI is InChI=1S/C11H9ClFN3S/c1-7-2-3-9(12)8(11(7)13)6-16-5-4-10(14-16)15-17/h2-5H,6H2,1H3. The zero-order valence-corrected chi connectivity index (χ0v) is 10.6. The lowest BCUT2D eigenvalue weighted by molar-refractivity contribution is 0.578. The van der Waals surface area contributed by atoms with Crippen LogP contribution in [0.25, 0.3) is 0 Å². The third-order valence-corrected chi connectivity index (χ3v) is 2.96. The van der Waals surface area contributed by atoms with Gasteiger partial charge in [-0.15, -0.1) is 0 Å². The molecule has 88 valence electrons. The molecule has 17 heavy (non-hydrogen) atoms. The highest BCUT2D eigenvalue weighted by atomic mass is 35.5. The van der Waals surface area contributed by atoms with Gasteiger partial charge in [0, 0.05) is 35.3 Å². The Morgan fingerprint density at radius 1 is 1.47 bits per heavy atom. The molecule has 0 aliphatic heterocycles. The fraction of sp³-hybridized carbons (Fsp3) is 0.182. The minimum absolute atomic E-state index is 0.261. The van der Waals surface area contributed by atoms with Gasteiger partial charge in [0.25, 0.3) is 0 Å². The molecule has 0 saturated heterocycles. The van der Waals surface area contributed by atoms with Crippen LogP contribution in [0.3, 0.4) is 0 Å². The molecule has 0 atom stereocenters. The van der Waals surface area contributed by atoms with Gasteiger partial charge in [0.2, 0.25) is 0 Å². The molecule has 0 spiro atoms. The van der Waals surface area contributed by atoms with Crippen molar-refractivity contribution in [3.8, 4) is 0 Å². The van der Waals surface area contributed by atoms with Gasteiger partial charge < -0.3 is 0 Å². The highest BCUT2D eigenvalue weighted by Crippen LogP contribution is 2.23. The summed E-state index contributed by atoms with van der Waals surface area (Å²) in [7, 11) is 0. The molecule has 0 aliphatic carbocycles. The molecular formula is C11H9ClFN3S.